The third-order valence-corrected chi connectivity index (χ3v) is 5.64. The van der Waals surface area contributed by atoms with E-state index in [1.807, 2.05) is 43.3 Å². The van der Waals surface area contributed by atoms with Gasteiger partial charge in [-0.1, -0.05) is 35.9 Å². The third kappa shape index (κ3) is 5.11. The SMILES string of the molecule is Cc1ccc(Cl)cc1-n1nc(C(=O)Nc2ccc(Oc3ccccc3)cc2)nc1-c1ccc(F)cc1. The van der Waals surface area contributed by atoms with Crippen LogP contribution in [0.1, 0.15) is 16.2 Å². The van der Waals surface area contributed by atoms with E-state index < -0.39 is 5.91 Å². The van der Waals surface area contributed by atoms with Gasteiger partial charge in [-0.3, -0.25) is 4.79 Å². The van der Waals surface area contributed by atoms with Crippen molar-refractivity contribution in [3.05, 3.63) is 119 Å². The molecule has 0 spiro atoms. The van der Waals surface area contributed by atoms with Crippen LogP contribution in [0.25, 0.3) is 17.1 Å². The van der Waals surface area contributed by atoms with E-state index in [2.05, 4.69) is 15.4 Å². The Morgan fingerprint density at radius 3 is 2.33 bits per heavy atom. The minimum absolute atomic E-state index is 0.0432. The topological polar surface area (TPSA) is 69.0 Å². The summed E-state index contributed by atoms with van der Waals surface area (Å²) in [5, 5.41) is 7.79. The van der Waals surface area contributed by atoms with Crippen molar-refractivity contribution in [3.8, 4) is 28.6 Å². The fraction of sp³-hybridized carbons (Fsp3) is 0.0357. The maximum absolute atomic E-state index is 13.5. The highest BCUT2D eigenvalue weighted by Crippen LogP contribution is 2.27. The number of carbonyl (C=O) groups is 1. The molecule has 6 nitrogen and oxygen atoms in total. The molecule has 0 radical (unpaired) electrons. The monoisotopic (exact) mass is 498 g/mol. The number of benzene rings is 4. The molecule has 0 aliphatic rings. The Bertz CT molecular complexity index is 1520. The van der Waals surface area contributed by atoms with Crippen LogP contribution in [0.4, 0.5) is 10.1 Å². The normalized spacial score (nSPS) is 10.8. The van der Waals surface area contributed by atoms with Gasteiger partial charge in [0.2, 0.25) is 5.82 Å². The summed E-state index contributed by atoms with van der Waals surface area (Å²) in [7, 11) is 0. The molecular weight excluding hydrogens is 479 g/mol. The molecule has 5 aromatic rings. The maximum Gasteiger partial charge on any atom is 0.295 e. The molecule has 178 valence electrons. The van der Waals surface area contributed by atoms with Crippen LogP contribution in [-0.4, -0.2) is 20.7 Å². The first kappa shape index (κ1) is 23.3. The molecule has 1 heterocycles. The molecular formula is C28H20ClFN4O2. The van der Waals surface area contributed by atoms with Gasteiger partial charge in [0.25, 0.3) is 5.91 Å². The first-order chi connectivity index (χ1) is 17.5. The van der Waals surface area contributed by atoms with Crippen molar-refractivity contribution in [1.82, 2.24) is 14.8 Å². The smallest absolute Gasteiger partial charge is 0.295 e. The fourth-order valence-electron chi connectivity index (χ4n) is 3.59. The summed E-state index contributed by atoms with van der Waals surface area (Å²) >= 11 is 6.23. The molecule has 0 aliphatic carbocycles. The zero-order valence-corrected chi connectivity index (χ0v) is 19.9. The molecule has 0 bridgehead atoms. The molecule has 36 heavy (non-hydrogen) atoms. The highest BCUT2D eigenvalue weighted by Gasteiger charge is 2.20. The van der Waals surface area contributed by atoms with Gasteiger partial charge in [-0.05, 0) is 85.3 Å². The predicted molar refractivity (Wildman–Crippen MR) is 137 cm³/mol. The van der Waals surface area contributed by atoms with Gasteiger partial charge in [0, 0.05) is 16.3 Å². The van der Waals surface area contributed by atoms with Gasteiger partial charge in [-0.25, -0.2) is 14.1 Å². The molecule has 8 heteroatoms. The zero-order valence-electron chi connectivity index (χ0n) is 19.2. The number of halogens is 2. The average Bonchev–Trinajstić information content (AvgIpc) is 3.33. The Morgan fingerprint density at radius 1 is 0.917 bits per heavy atom. The lowest BCUT2D eigenvalue weighted by Crippen LogP contribution is -2.14. The number of aromatic nitrogens is 3. The number of carbonyl (C=O) groups excluding carboxylic acids is 1. The van der Waals surface area contributed by atoms with Crippen molar-refractivity contribution < 1.29 is 13.9 Å². The van der Waals surface area contributed by atoms with Gasteiger partial charge in [-0.2, -0.15) is 0 Å². The van der Waals surface area contributed by atoms with Gasteiger partial charge in [0.05, 0.1) is 5.69 Å². The van der Waals surface area contributed by atoms with Crippen molar-refractivity contribution in [3.63, 3.8) is 0 Å². The van der Waals surface area contributed by atoms with Crippen molar-refractivity contribution in [2.24, 2.45) is 0 Å². The highest BCUT2D eigenvalue weighted by atomic mass is 35.5. The first-order valence-electron chi connectivity index (χ1n) is 11.1. The summed E-state index contributed by atoms with van der Waals surface area (Å²) in [5.74, 6) is 0.829. The molecule has 0 fully saturated rings. The Hall–Kier alpha value is -4.49. The van der Waals surface area contributed by atoms with E-state index in [1.165, 1.54) is 12.1 Å². The molecule has 0 aliphatic heterocycles. The summed E-state index contributed by atoms with van der Waals surface area (Å²) in [6.45, 7) is 1.90. The van der Waals surface area contributed by atoms with Crippen LogP contribution < -0.4 is 10.1 Å². The Morgan fingerprint density at radius 2 is 1.61 bits per heavy atom. The summed E-state index contributed by atoms with van der Waals surface area (Å²) in [5.41, 5.74) is 2.70. The lowest BCUT2D eigenvalue weighted by atomic mass is 10.1. The number of nitrogens with one attached hydrogen (secondary N) is 1. The number of aryl methyl sites for hydroxylation is 1. The second-order valence-corrected chi connectivity index (χ2v) is 8.44. The second-order valence-electron chi connectivity index (χ2n) is 8.00. The number of hydrogen-bond acceptors (Lipinski definition) is 4. The zero-order chi connectivity index (χ0) is 25.1. The van der Waals surface area contributed by atoms with Gasteiger partial charge < -0.3 is 10.1 Å². The van der Waals surface area contributed by atoms with Gasteiger partial charge in [0.15, 0.2) is 5.82 Å². The predicted octanol–water partition coefficient (Wildman–Crippen LogP) is 7.08. The number of para-hydroxylation sites is 1. The highest BCUT2D eigenvalue weighted by molar-refractivity contribution is 6.30. The lowest BCUT2D eigenvalue weighted by molar-refractivity contribution is 0.101. The third-order valence-electron chi connectivity index (χ3n) is 5.40. The molecule has 1 N–H and O–H groups in total. The van der Waals surface area contributed by atoms with Crippen LogP contribution in [0.5, 0.6) is 11.5 Å². The number of rotatable bonds is 6. The first-order valence-corrected chi connectivity index (χ1v) is 11.5. The van der Waals surface area contributed by atoms with Crippen LogP contribution in [-0.2, 0) is 0 Å². The molecule has 4 aromatic carbocycles. The summed E-state index contributed by atoms with van der Waals surface area (Å²) in [4.78, 5) is 17.5. The second kappa shape index (κ2) is 10.0. The summed E-state index contributed by atoms with van der Waals surface area (Å²) in [6.07, 6.45) is 0. The van der Waals surface area contributed by atoms with Crippen molar-refractivity contribution in [2.75, 3.05) is 5.32 Å². The molecule has 0 saturated carbocycles. The van der Waals surface area contributed by atoms with E-state index in [0.29, 0.717) is 39.3 Å². The fourth-order valence-corrected chi connectivity index (χ4v) is 3.76. The van der Waals surface area contributed by atoms with E-state index in [1.54, 1.807) is 53.2 Å². The number of hydrogen-bond donors (Lipinski definition) is 1. The minimum atomic E-state index is -0.492. The van der Waals surface area contributed by atoms with Crippen molar-refractivity contribution in [1.29, 1.82) is 0 Å². The number of nitrogens with zero attached hydrogens (tertiary/aromatic N) is 3. The van der Waals surface area contributed by atoms with E-state index in [9.17, 15) is 9.18 Å². The quantitative estimate of drug-likeness (QED) is 0.271. The Kier molecular flexibility index (Phi) is 6.47. The summed E-state index contributed by atoms with van der Waals surface area (Å²) in [6, 6.07) is 27.6. The summed E-state index contributed by atoms with van der Waals surface area (Å²) < 4.78 is 20.9. The van der Waals surface area contributed by atoms with Gasteiger partial charge >= 0.3 is 0 Å². The molecule has 1 amide bonds. The number of anilines is 1. The van der Waals surface area contributed by atoms with Crippen molar-refractivity contribution in [2.45, 2.75) is 6.92 Å². The molecule has 1 aromatic heterocycles. The average molecular weight is 499 g/mol. The van der Waals surface area contributed by atoms with Crippen LogP contribution in [0, 0.1) is 12.7 Å². The molecule has 0 saturated heterocycles. The molecule has 0 unspecified atom stereocenters. The van der Waals surface area contributed by atoms with Gasteiger partial charge in [0.1, 0.15) is 17.3 Å². The largest absolute Gasteiger partial charge is 0.457 e. The van der Waals surface area contributed by atoms with Crippen LogP contribution in [0.2, 0.25) is 5.02 Å². The van der Waals surface area contributed by atoms with E-state index >= 15 is 0 Å². The van der Waals surface area contributed by atoms with Crippen LogP contribution in [0.15, 0.2) is 97.1 Å². The maximum atomic E-state index is 13.5. The van der Waals surface area contributed by atoms with Crippen LogP contribution >= 0.6 is 11.6 Å². The van der Waals surface area contributed by atoms with E-state index in [-0.39, 0.29) is 11.6 Å². The molecule has 0 atom stereocenters. The van der Waals surface area contributed by atoms with Gasteiger partial charge in [-0.15, -0.1) is 5.10 Å². The Balaban J connectivity index is 1.43. The Labute approximate surface area is 212 Å². The van der Waals surface area contributed by atoms with Crippen molar-refractivity contribution >= 4 is 23.2 Å². The van der Waals surface area contributed by atoms with Crippen LogP contribution in [0.3, 0.4) is 0 Å². The molecule has 5 rings (SSSR count). The number of ether oxygens (including phenoxy) is 1. The van der Waals surface area contributed by atoms with E-state index in [0.717, 1.165) is 5.56 Å². The lowest BCUT2D eigenvalue weighted by Gasteiger charge is -2.09. The minimum Gasteiger partial charge on any atom is -0.457 e. The number of amides is 1. The standard InChI is InChI=1S/C28H20ClFN4O2/c1-18-7-10-20(29)17-25(18)34-27(19-8-11-21(30)12-9-19)32-26(33-34)28(35)31-22-13-15-24(16-14-22)36-23-5-3-2-4-6-23/h2-17H,1H3,(H,31,35). The van der Waals surface area contributed by atoms with E-state index in [4.69, 9.17) is 16.3 Å².